The highest BCUT2D eigenvalue weighted by atomic mass is 16.6. The van der Waals surface area contributed by atoms with Crippen LogP contribution >= 0.6 is 0 Å². The lowest BCUT2D eigenvalue weighted by molar-refractivity contribution is -0.151. The van der Waals surface area contributed by atoms with Crippen LogP contribution in [0.15, 0.2) is 0 Å². The molecule has 0 spiro atoms. The van der Waals surface area contributed by atoms with Crippen LogP contribution in [0.4, 0.5) is 0 Å². The Hall–Kier alpha value is -1.10. The van der Waals surface area contributed by atoms with Crippen LogP contribution in [-0.4, -0.2) is 36.9 Å². The molecule has 2 bridgehead atoms. The fourth-order valence-corrected chi connectivity index (χ4v) is 3.52. The molecule has 4 atom stereocenters. The van der Waals surface area contributed by atoms with Crippen molar-refractivity contribution < 1.29 is 23.8 Å². The second kappa shape index (κ2) is 4.78. The molecule has 2 aliphatic rings. The zero-order chi connectivity index (χ0) is 14.3. The highest BCUT2D eigenvalue weighted by Crippen LogP contribution is 2.57. The number of carbonyl (C=O) groups is 2. The summed E-state index contributed by atoms with van der Waals surface area (Å²) in [5.41, 5.74) is -0.566. The molecule has 0 unspecified atom stereocenters. The SMILES string of the molecule is CC(=O)OC[C@@H]1[C@](C)(COC(C)=O)[C@H]2CC[C@@]1(C)O2. The van der Waals surface area contributed by atoms with Crippen LogP contribution in [0.25, 0.3) is 0 Å². The maximum atomic E-state index is 11.1. The fraction of sp³-hybridized carbons (Fsp3) is 0.857. The molecular formula is C14H22O5. The first kappa shape index (κ1) is 14.3. The maximum absolute atomic E-state index is 11.1. The van der Waals surface area contributed by atoms with E-state index in [1.807, 2.05) is 0 Å². The zero-order valence-corrected chi connectivity index (χ0v) is 12.0. The normalized spacial score (nSPS) is 40.2. The van der Waals surface area contributed by atoms with Gasteiger partial charge in [-0.2, -0.15) is 0 Å². The van der Waals surface area contributed by atoms with Crippen molar-refractivity contribution in [2.45, 2.75) is 52.2 Å². The van der Waals surface area contributed by atoms with Gasteiger partial charge in [0, 0.05) is 25.2 Å². The molecular weight excluding hydrogens is 248 g/mol. The van der Waals surface area contributed by atoms with E-state index < -0.39 is 0 Å². The molecule has 0 aromatic carbocycles. The molecule has 0 amide bonds. The molecule has 5 nitrogen and oxygen atoms in total. The molecule has 0 radical (unpaired) electrons. The molecule has 0 aromatic rings. The Kier molecular flexibility index (Phi) is 3.60. The van der Waals surface area contributed by atoms with E-state index in [4.69, 9.17) is 14.2 Å². The van der Waals surface area contributed by atoms with E-state index in [1.54, 1.807) is 0 Å². The van der Waals surface area contributed by atoms with Crippen LogP contribution in [0.1, 0.15) is 40.5 Å². The Labute approximate surface area is 113 Å². The standard InChI is InChI=1S/C14H22O5/c1-9(15)17-7-11-13(3,8-18-10(2)16)12-5-6-14(11,4)19-12/h11-12H,5-8H2,1-4H3/t11-,12-,13+,14-/m1/s1. The van der Waals surface area contributed by atoms with Gasteiger partial charge in [0.15, 0.2) is 0 Å². The Bertz CT molecular complexity index is 393. The van der Waals surface area contributed by atoms with Crippen molar-refractivity contribution in [1.29, 1.82) is 0 Å². The van der Waals surface area contributed by atoms with Gasteiger partial charge in [-0.15, -0.1) is 0 Å². The van der Waals surface area contributed by atoms with Crippen LogP contribution in [0.2, 0.25) is 0 Å². The summed E-state index contributed by atoms with van der Waals surface area (Å²) >= 11 is 0. The minimum atomic E-state index is -0.291. The number of hydrogen-bond acceptors (Lipinski definition) is 5. The molecule has 0 aromatic heterocycles. The van der Waals surface area contributed by atoms with Crippen LogP contribution in [-0.2, 0) is 23.8 Å². The first-order valence-corrected chi connectivity index (χ1v) is 6.72. The third-order valence-electron chi connectivity index (χ3n) is 4.62. The van der Waals surface area contributed by atoms with E-state index in [-0.39, 0.29) is 35.0 Å². The number of rotatable bonds is 4. The van der Waals surface area contributed by atoms with Gasteiger partial charge in [0.1, 0.15) is 0 Å². The Morgan fingerprint density at radius 3 is 2.42 bits per heavy atom. The van der Waals surface area contributed by atoms with E-state index in [1.165, 1.54) is 13.8 Å². The summed E-state index contributed by atoms with van der Waals surface area (Å²) in [4.78, 5) is 22.1. The minimum absolute atomic E-state index is 0.0574. The van der Waals surface area contributed by atoms with Crippen LogP contribution in [0, 0.1) is 11.3 Å². The highest BCUT2D eigenvalue weighted by Gasteiger charge is 2.63. The monoisotopic (exact) mass is 270 g/mol. The van der Waals surface area contributed by atoms with E-state index in [9.17, 15) is 9.59 Å². The fourth-order valence-electron chi connectivity index (χ4n) is 3.52. The molecule has 2 fully saturated rings. The Balaban J connectivity index is 2.14. The molecule has 2 saturated heterocycles. The van der Waals surface area contributed by atoms with E-state index in [0.29, 0.717) is 13.2 Å². The average Bonchev–Trinajstić information content (AvgIpc) is 2.77. The molecule has 2 aliphatic heterocycles. The lowest BCUT2D eigenvalue weighted by Crippen LogP contribution is -2.48. The zero-order valence-electron chi connectivity index (χ0n) is 12.0. The summed E-state index contributed by atoms with van der Waals surface area (Å²) in [6, 6.07) is 0. The van der Waals surface area contributed by atoms with Crippen molar-refractivity contribution >= 4 is 11.9 Å². The van der Waals surface area contributed by atoms with Gasteiger partial charge in [-0.25, -0.2) is 0 Å². The van der Waals surface area contributed by atoms with Crippen molar-refractivity contribution in [3.8, 4) is 0 Å². The summed E-state index contributed by atoms with van der Waals surface area (Å²) in [7, 11) is 0. The average molecular weight is 270 g/mol. The van der Waals surface area contributed by atoms with Crippen LogP contribution < -0.4 is 0 Å². The molecule has 0 aliphatic carbocycles. The van der Waals surface area contributed by atoms with Gasteiger partial charge >= 0.3 is 11.9 Å². The van der Waals surface area contributed by atoms with Crippen molar-refractivity contribution in [1.82, 2.24) is 0 Å². The summed E-state index contributed by atoms with van der Waals surface area (Å²) < 4.78 is 16.5. The third-order valence-corrected chi connectivity index (χ3v) is 4.62. The minimum Gasteiger partial charge on any atom is -0.465 e. The first-order valence-electron chi connectivity index (χ1n) is 6.72. The predicted molar refractivity (Wildman–Crippen MR) is 67.4 cm³/mol. The Morgan fingerprint density at radius 1 is 1.21 bits per heavy atom. The van der Waals surface area contributed by atoms with Crippen molar-refractivity contribution in [3.05, 3.63) is 0 Å². The topological polar surface area (TPSA) is 61.8 Å². The molecule has 0 saturated carbocycles. The summed E-state index contributed by atoms with van der Waals surface area (Å²) in [6.07, 6.45) is 1.99. The van der Waals surface area contributed by atoms with Crippen molar-refractivity contribution in [2.24, 2.45) is 11.3 Å². The van der Waals surface area contributed by atoms with Gasteiger partial charge in [0.25, 0.3) is 0 Å². The van der Waals surface area contributed by atoms with E-state index in [2.05, 4.69) is 13.8 Å². The quantitative estimate of drug-likeness (QED) is 0.727. The second-order valence-electron chi connectivity index (χ2n) is 6.10. The smallest absolute Gasteiger partial charge is 0.302 e. The Morgan fingerprint density at radius 2 is 1.84 bits per heavy atom. The second-order valence-corrected chi connectivity index (χ2v) is 6.10. The molecule has 2 heterocycles. The van der Waals surface area contributed by atoms with E-state index >= 15 is 0 Å². The molecule has 108 valence electrons. The molecule has 0 N–H and O–H groups in total. The number of ether oxygens (including phenoxy) is 3. The molecule has 5 heteroatoms. The maximum Gasteiger partial charge on any atom is 0.302 e. The molecule has 19 heavy (non-hydrogen) atoms. The third kappa shape index (κ3) is 2.48. The van der Waals surface area contributed by atoms with Crippen molar-refractivity contribution in [2.75, 3.05) is 13.2 Å². The summed E-state index contributed by atoms with van der Waals surface area (Å²) in [6.45, 7) is 7.55. The highest BCUT2D eigenvalue weighted by molar-refractivity contribution is 5.66. The van der Waals surface area contributed by atoms with E-state index in [0.717, 1.165) is 12.8 Å². The number of carbonyl (C=O) groups excluding carboxylic acids is 2. The number of fused-ring (bicyclic) bond motifs is 2. The van der Waals surface area contributed by atoms with Gasteiger partial charge in [-0.3, -0.25) is 9.59 Å². The van der Waals surface area contributed by atoms with Crippen molar-refractivity contribution in [3.63, 3.8) is 0 Å². The molecule has 2 rings (SSSR count). The van der Waals surface area contributed by atoms with Gasteiger partial charge in [0.2, 0.25) is 0 Å². The van der Waals surface area contributed by atoms with Gasteiger partial charge in [0.05, 0.1) is 24.9 Å². The number of esters is 2. The van der Waals surface area contributed by atoms with Crippen LogP contribution in [0.5, 0.6) is 0 Å². The first-order chi connectivity index (χ1) is 8.78. The summed E-state index contributed by atoms with van der Waals surface area (Å²) in [5, 5.41) is 0. The largest absolute Gasteiger partial charge is 0.465 e. The summed E-state index contributed by atoms with van der Waals surface area (Å²) in [5.74, 6) is -0.524. The van der Waals surface area contributed by atoms with Gasteiger partial charge in [-0.1, -0.05) is 6.92 Å². The lowest BCUT2D eigenvalue weighted by atomic mass is 9.63. The number of hydrogen-bond donors (Lipinski definition) is 0. The lowest BCUT2D eigenvalue weighted by Gasteiger charge is -2.40. The predicted octanol–water partition coefficient (Wildman–Crippen LogP) is 1.69. The van der Waals surface area contributed by atoms with Gasteiger partial charge in [-0.05, 0) is 19.8 Å². The van der Waals surface area contributed by atoms with Crippen LogP contribution in [0.3, 0.4) is 0 Å². The van der Waals surface area contributed by atoms with Gasteiger partial charge < -0.3 is 14.2 Å².